The van der Waals surface area contributed by atoms with Crippen molar-refractivity contribution in [1.82, 2.24) is 9.71 Å². The van der Waals surface area contributed by atoms with Crippen LogP contribution in [0.2, 0.25) is 0 Å². The predicted molar refractivity (Wildman–Crippen MR) is 127 cm³/mol. The quantitative estimate of drug-likeness (QED) is 0.429. The van der Waals surface area contributed by atoms with Crippen molar-refractivity contribution >= 4 is 29.7 Å². The van der Waals surface area contributed by atoms with Gasteiger partial charge >= 0.3 is 15.5 Å². The summed E-state index contributed by atoms with van der Waals surface area (Å²) in [5.74, 6) is -0.117. The molecule has 0 aliphatic heterocycles. The van der Waals surface area contributed by atoms with Crippen LogP contribution in [0, 0.1) is 0 Å². The molecule has 1 atom stereocenters. The summed E-state index contributed by atoms with van der Waals surface area (Å²) in [6.45, 7) is 1.17. The van der Waals surface area contributed by atoms with Crippen molar-refractivity contribution in [1.29, 1.82) is 0 Å². The molecule has 0 unspecified atom stereocenters. The Hall–Kier alpha value is -2.81. The van der Waals surface area contributed by atoms with Crippen LogP contribution in [0.25, 0.3) is 0 Å². The van der Waals surface area contributed by atoms with E-state index >= 15 is 0 Å². The first-order valence-corrected chi connectivity index (χ1v) is 15.3. The van der Waals surface area contributed by atoms with Crippen LogP contribution in [-0.4, -0.2) is 35.7 Å². The highest BCUT2D eigenvalue weighted by atomic mass is 32.2. The number of aromatic nitrogens is 1. The van der Waals surface area contributed by atoms with Gasteiger partial charge in [-0.1, -0.05) is 30.3 Å². The van der Waals surface area contributed by atoms with E-state index in [4.69, 9.17) is 0 Å². The zero-order valence-electron chi connectivity index (χ0n) is 19.2. The number of alkyl halides is 3. The number of nitrogens with zero attached hydrogens (tertiary/aromatic N) is 1. The SMILES string of the molecule is C[C@H](NS(=O)(=O)C(F)(F)F)c1ccc(S(=O)(=O)c2cccc(C3CC3)c2S(=O)(=O)c2ccccn2)cc1. The molecule has 1 saturated carbocycles. The third kappa shape index (κ3) is 5.28. The highest BCUT2D eigenvalue weighted by molar-refractivity contribution is 7.94. The average Bonchev–Trinajstić information content (AvgIpc) is 3.69. The number of sulfonamides is 1. The third-order valence-electron chi connectivity index (χ3n) is 5.82. The van der Waals surface area contributed by atoms with E-state index < -0.39 is 46.1 Å². The first kappa shape index (κ1) is 27.2. The number of pyridine rings is 1. The van der Waals surface area contributed by atoms with Gasteiger partial charge in [0.15, 0.2) is 5.03 Å². The van der Waals surface area contributed by atoms with Crippen molar-refractivity contribution < 1.29 is 38.4 Å². The van der Waals surface area contributed by atoms with E-state index in [2.05, 4.69) is 4.98 Å². The van der Waals surface area contributed by atoms with E-state index in [0.29, 0.717) is 18.4 Å². The van der Waals surface area contributed by atoms with Gasteiger partial charge in [-0.3, -0.25) is 0 Å². The minimum absolute atomic E-state index is 0.0693. The van der Waals surface area contributed by atoms with E-state index in [9.17, 15) is 38.4 Å². The second-order valence-electron chi connectivity index (χ2n) is 8.48. The lowest BCUT2D eigenvalue weighted by atomic mass is 10.1. The van der Waals surface area contributed by atoms with Gasteiger partial charge < -0.3 is 0 Å². The van der Waals surface area contributed by atoms with Crippen LogP contribution in [0.15, 0.2) is 86.6 Å². The minimum atomic E-state index is -5.62. The fourth-order valence-electron chi connectivity index (χ4n) is 3.79. The van der Waals surface area contributed by atoms with Gasteiger partial charge in [-0.05, 0) is 67.1 Å². The molecule has 1 aromatic heterocycles. The Labute approximate surface area is 212 Å². The number of sulfone groups is 2. The Kier molecular flexibility index (Phi) is 6.99. The fourth-order valence-corrected chi connectivity index (χ4v) is 8.09. The maximum Gasteiger partial charge on any atom is 0.511 e. The molecule has 8 nitrogen and oxygen atoms in total. The molecule has 1 heterocycles. The van der Waals surface area contributed by atoms with Crippen LogP contribution >= 0.6 is 0 Å². The zero-order chi connectivity index (χ0) is 27.2. The maximum absolute atomic E-state index is 13.6. The monoisotopic (exact) mass is 574 g/mol. The molecule has 1 N–H and O–H groups in total. The average molecular weight is 575 g/mol. The molecule has 1 aliphatic rings. The van der Waals surface area contributed by atoms with E-state index in [1.807, 2.05) is 0 Å². The minimum Gasteiger partial charge on any atom is -0.244 e. The van der Waals surface area contributed by atoms with Crippen LogP contribution in [0.3, 0.4) is 0 Å². The van der Waals surface area contributed by atoms with Gasteiger partial charge in [-0.15, -0.1) is 0 Å². The summed E-state index contributed by atoms with van der Waals surface area (Å²) >= 11 is 0. The second kappa shape index (κ2) is 9.49. The van der Waals surface area contributed by atoms with E-state index in [1.54, 1.807) is 6.07 Å². The molecule has 0 saturated heterocycles. The van der Waals surface area contributed by atoms with E-state index in [0.717, 1.165) is 24.3 Å². The molecule has 0 bridgehead atoms. The van der Waals surface area contributed by atoms with Crippen molar-refractivity contribution in [3.63, 3.8) is 0 Å². The Bertz CT molecular complexity index is 1640. The lowest BCUT2D eigenvalue weighted by Gasteiger charge is -2.17. The van der Waals surface area contributed by atoms with Crippen LogP contribution in [0.5, 0.6) is 0 Å². The fraction of sp³-hybridized carbons (Fsp3) is 0.261. The van der Waals surface area contributed by atoms with E-state index in [-0.39, 0.29) is 26.3 Å². The molecule has 1 fully saturated rings. The number of hydrogen-bond acceptors (Lipinski definition) is 7. The summed E-state index contributed by atoms with van der Waals surface area (Å²) in [5, 5.41) is -0.305. The molecule has 2 aromatic carbocycles. The Morgan fingerprint density at radius 1 is 0.865 bits per heavy atom. The first-order valence-electron chi connectivity index (χ1n) is 10.9. The molecule has 0 amide bonds. The first-order chi connectivity index (χ1) is 17.2. The number of rotatable bonds is 8. The predicted octanol–water partition coefficient (Wildman–Crippen LogP) is 4.12. The maximum atomic E-state index is 13.6. The van der Waals surface area contributed by atoms with Gasteiger partial charge in [0.25, 0.3) is 0 Å². The summed E-state index contributed by atoms with van der Waals surface area (Å²) in [5.41, 5.74) is -5.06. The molecule has 3 aromatic rings. The Balaban J connectivity index is 1.76. The summed E-state index contributed by atoms with van der Waals surface area (Å²) < 4.78 is 117. The summed E-state index contributed by atoms with van der Waals surface area (Å²) in [7, 11) is -14.4. The highest BCUT2D eigenvalue weighted by Gasteiger charge is 2.46. The van der Waals surface area contributed by atoms with E-state index in [1.165, 1.54) is 48.2 Å². The van der Waals surface area contributed by atoms with Gasteiger partial charge in [0.1, 0.15) is 0 Å². The number of benzene rings is 2. The molecule has 0 spiro atoms. The molecule has 37 heavy (non-hydrogen) atoms. The second-order valence-corrected chi connectivity index (χ2v) is 13.9. The van der Waals surface area contributed by atoms with Gasteiger partial charge in [-0.2, -0.15) is 13.2 Å². The van der Waals surface area contributed by atoms with Crippen molar-refractivity contribution in [2.45, 2.75) is 56.9 Å². The zero-order valence-corrected chi connectivity index (χ0v) is 21.6. The van der Waals surface area contributed by atoms with Gasteiger partial charge in [-0.25, -0.2) is 35.0 Å². The number of hydrogen-bond donors (Lipinski definition) is 1. The Morgan fingerprint density at radius 3 is 2.05 bits per heavy atom. The number of halogens is 3. The van der Waals surface area contributed by atoms with Crippen molar-refractivity contribution in [3.8, 4) is 0 Å². The molecule has 198 valence electrons. The van der Waals surface area contributed by atoms with Crippen molar-refractivity contribution in [2.24, 2.45) is 0 Å². The number of nitrogens with one attached hydrogen (secondary N) is 1. The van der Waals surface area contributed by atoms with Crippen LogP contribution in [-0.2, 0) is 29.7 Å². The highest BCUT2D eigenvalue weighted by Crippen LogP contribution is 2.46. The summed E-state index contributed by atoms with van der Waals surface area (Å²) in [6.07, 6.45) is 2.69. The van der Waals surface area contributed by atoms with Crippen molar-refractivity contribution in [3.05, 3.63) is 78.0 Å². The summed E-state index contributed by atoms with van der Waals surface area (Å²) in [6, 6.07) is 11.7. The molecular formula is C23H21F3N2O6S3. The van der Waals surface area contributed by atoms with Gasteiger partial charge in [0.05, 0.1) is 14.7 Å². The Morgan fingerprint density at radius 2 is 1.51 bits per heavy atom. The smallest absolute Gasteiger partial charge is 0.244 e. The summed E-state index contributed by atoms with van der Waals surface area (Å²) in [4.78, 5) is 2.79. The largest absolute Gasteiger partial charge is 0.511 e. The molecule has 0 radical (unpaired) electrons. The van der Waals surface area contributed by atoms with Gasteiger partial charge in [0, 0.05) is 12.2 Å². The van der Waals surface area contributed by atoms with Crippen LogP contribution in [0.1, 0.15) is 42.9 Å². The molecule has 1 aliphatic carbocycles. The molecule has 4 rings (SSSR count). The lowest BCUT2D eigenvalue weighted by Crippen LogP contribution is -2.37. The lowest BCUT2D eigenvalue weighted by molar-refractivity contribution is -0.0450. The van der Waals surface area contributed by atoms with Crippen LogP contribution < -0.4 is 4.72 Å². The molecular weight excluding hydrogens is 553 g/mol. The standard InChI is InChI=1S/C23H21F3N2O6S3/c1-15(28-37(33,34)23(24,25)26)16-10-12-18(13-11-16)35(29,30)20-6-4-5-19(17-8-9-17)22(20)36(31,32)21-7-2-3-14-27-21/h2-7,10-15,17,28H,8-9H2,1H3/t15-/m0/s1. The molecule has 14 heteroatoms. The van der Waals surface area contributed by atoms with Crippen molar-refractivity contribution in [2.75, 3.05) is 0 Å². The van der Waals surface area contributed by atoms with Gasteiger partial charge in [0.2, 0.25) is 19.7 Å². The van der Waals surface area contributed by atoms with Crippen LogP contribution in [0.4, 0.5) is 13.2 Å². The topological polar surface area (TPSA) is 127 Å². The normalized spacial score (nSPS) is 15.9. The third-order valence-corrected chi connectivity index (χ3v) is 10.8.